The Morgan fingerprint density at radius 1 is 1.12 bits per heavy atom. The van der Waals surface area contributed by atoms with Gasteiger partial charge in [-0.05, 0) is 49.6 Å². The highest BCUT2D eigenvalue weighted by molar-refractivity contribution is 6.36. The molecular formula is C20H21Cl2NO3. The molecule has 0 aliphatic carbocycles. The van der Waals surface area contributed by atoms with Crippen LogP contribution in [0.15, 0.2) is 36.4 Å². The van der Waals surface area contributed by atoms with E-state index in [2.05, 4.69) is 12.2 Å². The number of Topliss-reactive ketones (excluding diaryl/α,β-unsaturated/α-hetero) is 1. The first-order valence-electron chi connectivity index (χ1n) is 8.42. The number of carbonyl (C=O) groups excluding carboxylic acids is 2. The standard InChI is InChI=1S/C20H21Cl2NO3/c1-3-4-5-14-6-8-16(9-7-14)23-19(25)12-26-20-17(13(2)24)10-15(21)11-18(20)22/h6-11H,3-5,12H2,1-2H3,(H,23,25). The number of rotatable bonds is 8. The lowest BCUT2D eigenvalue weighted by Crippen LogP contribution is -2.21. The first kappa shape index (κ1) is 20.3. The molecule has 2 rings (SSSR count). The van der Waals surface area contributed by atoms with Crippen LogP contribution in [-0.2, 0) is 11.2 Å². The van der Waals surface area contributed by atoms with Crippen LogP contribution in [0.1, 0.15) is 42.6 Å². The van der Waals surface area contributed by atoms with E-state index in [9.17, 15) is 9.59 Å². The van der Waals surface area contributed by atoms with Crippen LogP contribution < -0.4 is 10.1 Å². The predicted molar refractivity (Wildman–Crippen MR) is 106 cm³/mol. The van der Waals surface area contributed by atoms with Crippen LogP contribution in [0, 0.1) is 0 Å². The summed E-state index contributed by atoms with van der Waals surface area (Å²) in [5.41, 5.74) is 2.17. The summed E-state index contributed by atoms with van der Waals surface area (Å²) in [6.07, 6.45) is 3.31. The molecule has 0 aliphatic heterocycles. The maximum Gasteiger partial charge on any atom is 0.262 e. The molecule has 0 fully saturated rings. The molecule has 0 bridgehead atoms. The molecule has 2 aromatic rings. The fraction of sp³-hybridized carbons (Fsp3) is 0.300. The first-order chi connectivity index (χ1) is 12.4. The van der Waals surface area contributed by atoms with Crippen molar-refractivity contribution in [2.24, 2.45) is 0 Å². The topological polar surface area (TPSA) is 55.4 Å². The number of carbonyl (C=O) groups is 2. The largest absolute Gasteiger partial charge is 0.481 e. The smallest absolute Gasteiger partial charge is 0.262 e. The van der Waals surface area contributed by atoms with E-state index in [-0.39, 0.29) is 34.6 Å². The molecular weight excluding hydrogens is 373 g/mol. The summed E-state index contributed by atoms with van der Waals surface area (Å²) in [5.74, 6) is -0.423. The predicted octanol–water partition coefficient (Wildman–Crippen LogP) is 5.56. The van der Waals surface area contributed by atoms with Crippen LogP contribution in [0.3, 0.4) is 0 Å². The molecule has 1 amide bonds. The molecule has 0 radical (unpaired) electrons. The van der Waals surface area contributed by atoms with E-state index in [1.54, 1.807) is 0 Å². The van der Waals surface area contributed by atoms with Crippen molar-refractivity contribution in [1.82, 2.24) is 0 Å². The number of hydrogen-bond acceptors (Lipinski definition) is 3. The molecule has 0 spiro atoms. The Bertz CT molecular complexity index is 788. The van der Waals surface area contributed by atoms with Gasteiger partial charge in [0.15, 0.2) is 12.4 Å². The molecule has 4 nitrogen and oxygen atoms in total. The highest BCUT2D eigenvalue weighted by Gasteiger charge is 2.16. The summed E-state index contributed by atoms with van der Waals surface area (Å²) in [6, 6.07) is 10.7. The van der Waals surface area contributed by atoms with Crippen molar-refractivity contribution in [3.63, 3.8) is 0 Å². The van der Waals surface area contributed by atoms with Crippen molar-refractivity contribution in [3.05, 3.63) is 57.6 Å². The number of ketones is 1. The Balaban J connectivity index is 1.98. The fourth-order valence-corrected chi connectivity index (χ4v) is 2.99. The average Bonchev–Trinajstić information content (AvgIpc) is 2.59. The third-order valence-corrected chi connectivity index (χ3v) is 4.29. The van der Waals surface area contributed by atoms with Crippen LogP contribution in [0.4, 0.5) is 5.69 Å². The molecule has 0 heterocycles. The molecule has 0 saturated heterocycles. The van der Waals surface area contributed by atoms with Gasteiger partial charge in [-0.3, -0.25) is 9.59 Å². The molecule has 0 atom stereocenters. The van der Waals surface area contributed by atoms with E-state index in [0.717, 1.165) is 19.3 Å². The summed E-state index contributed by atoms with van der Waals surface area (Å²) >= 11 is 12.0. The van der Waals surface area contributed by atoms with Gasteiger partial charge in [-0.1, -0.05) is 48.7 Å². The van der Waals surface area contributed by atoms with Gasteiger partial charge in [0.1, 0.15) is 5.75 Å². The van der Waals surface area contributed by atoms with Gasteiger partial charge in [-0.25, -0.2) is 0 Å². The van der Waals surface area contributed by atoms with Gasteiger partial charge in [0.25, 0.3) is 5.91 Å². The minimum absolute atomic E-state index is 0.161. The molecule has 26 heavy (non-hydrogen) atoms. The normalized spacial score (nSPS) is 10.5. The summed E-state index contributed by atoms with van der Waals surface area (Å²) in [5, 5.41) is 3.28. The molecule has 0 aliphatic rings. The van der Waals surface area contributed by atoms with Crippen LogP contribution >= 0.6 is 23.2 Å². The maximum absolute atomic E-state index is 12.1. The van der Waals surface area contributed by atoms with Gasteiger partial charge < -0.3 is 10.1 Å². The quantitative estimate of drug-likeness (QED) is 0.597. The number of benzene rings is 2. The monoisotopic (exact) mass is 393 g/mol. The zero-order valence-electron chi connectivity index (χ0n) is 14.8. The maximum atomic E-state index is 12.1. The number of hydrogen-bond donors (Lipinski definition) is 1. The number of amides is 1. The molecule has 0 aromatic heterocycles. The minimum Gasteiger partial charge on any atom is -0.481 e. The van der Waals surface area contributed by atoms with E-state index in [0.29, 0.717) is 10.7 Å². The number of nitrogens with one attached hydrogen (secondary N) is 1. The third-order valence-electron chi connectivity index (χ3n) is 3.79. The summed E-state index contributed by atoms with van der Waals surface area (Å²) < 4.78 is 5.47. The number of halogens is 2. The van der Waals surface area contributed by atoms with Gasteiger partial charge in [-0.2, -0.15) is 0 Å². The average molecular weight is 394 g/mol. The lowest BCUT2D eigenvalue weighted by molar-refractivity contribution is -0.118. The van der Waals surface area contributed by atoms with E-state index >= 15 is 0 Å². The van der Waals surface area contributed by atoms with Crippen molar-refractivity contribution in [1.29, 1.82) is 0 Å². The third kappa shape index (κ3) is 5.75. The zero-order valence-corrected chi connectivity index (χ0v) is 16.3. The Morgan fingerprint density at radius 3 is 2.42 bits per heavy atom. The summed E-state index contributed by atoms with van der Waals surface area (Å²) in [6.45, 7) is 3.27. The summed E-state index contributed by atoms with van der Waals surface area (Å²) in [4.78, 5) is 23.8. The van der Waals surface area contributed by atoms with Gasteiger partial charge in [0, 0.05) is 10.7 Å². The van der Waals surface area contributed by atoms with Gasteiger partial charge in [0.2, 0.25) is 0 Å². The van der Waals surface area contributed by atoms with Crippen molar-refractivity contribution >= 4 is 40.6 Å². The fourth-order valence-electron chi connectivity index (χ4n) is 2.44. The second-order valence-corrected chi connectivity index (χ2v) is 6.80. The lowest BCUT2D eigenvalue weighted by Gasteiger charge is -2.12. The van der Waals surface area contributed by atoms with Gasteiger partial charge >= 0.3 is 0 Å². The van der Waals surface area contributed by atoms with Gasteiger partial charge in [0.05, 0.1) is 10.6 Å². The highest BCUT2D eigenvalue weighted by atomic mass is 35.5. The van der Waals surface area contributed by atoms with Crippen LogP contribution in [0.5, 0.6) is 5.75 Å². The molecule has 138 valence electrons. The molecule has 0 unspecified atom stereocenters. The van der Waals surface area contributed by atoms with Crippen LogP contribution in [0.25, 0.3) is 0 Å². The Kier molecular flexibility index (Phi) is 7.49. The minimum atomic E-state index is -0.341. The number of anilines is 1. The first-order valence-corrected chi connectivity index (χ1v) is 9.18. The molecule has 0 saturated carbocycles. The molecule has 1 N–H and O–H groups in total. The van der Waals surface area contributed by atoms with Crippen molar-refractivity contribution in [2.75, 3.05) is 11.9 Å². The van der Waals surface area contributed by atoms with Crippen molar-refractivity contribution < 1.29 is 14.3 Å². The second kappa shape index (κ2) is 9.60. The van der Waals surface area contributed by atoms with Gasteiger partial charge in [-0.15, -0.1) is 0 Å². The van der Waals surface area contributed by atoms with Crippen molar-refractivity contribution in [3.8, 4) is 5.75 Å². The molecule has 6 heteroatoms. The van der Waals surface area contributed by atoms with Crippen molar-refractivity contribution in [2.45, 2.75) is 33.1 Å². The van der Waals surface area contributed by atoms with E-state index in [4.69, 9.17) is 27.9 Å². The van der Waals surface area contributed by atoms with E-state index < -0.39 is 0 Å². The van der Waals surface area contributed by atoms with Crippen LogP contribution in [0.2, 0.25) is 10.0 Å². The van der Waals surface area contributed by atoms with E-state index in [1.165, 1.54) is 24.6 Å². The zero-order chi connectivity index (χ0) is 19.1. The second-order valence-electron chi connectivity index (χ2n) is 5.96. The molecule has 2 aromatic carbocycles. The Morgan fingerprint density at radius 2 is 1.81 bits per heavy atom. The highest BCUT2D eigenvalue weighted by Crippen LogP contribution is 2.32. The van der Waals surface area contributed by atoms with E-state index in [1.807, 2.05) is 24.3 Å². The van der Waals surface area contributed by atoms with Crippen LogP contribution in [-0.4, -0.2) is 18.3 Å². The SMILES string of the molecule is CCCCc1ccc(NC(=O)COc2c(Cl)cc(Cl)cc2C(C)=O)cc1. The summed E-state index contributed by atoms with van der Waals surface area (Å²) in [7, 11) is 0. The lowest BCUT2D eigenvalue weighted by atomic mass is 10.1. The number of unbranched alkanes of at least 4 members (excludes halogenated alkanes) is 1. The number of ether oxygens (including phenoxy) is 1. The Hall–Kier alpha value is -2.04. The number of aryl methyl sites for hydroxylation is 1. The Labute approximate surface area is 163 Å².